The first-order valence-electron chi connectivity index (χ1n) is 18.4. The number of halogens is 1. The molecule has 3 aromatic carbocycles. The predicted octanol–water partition coefficient (Wildman–Crippen LogP) is 4.17. The van der Waals surface area contributed by atoms with Crippen molar-refractivity contribution in [1.29, 1.82) is 0 Å². The normalized spacial score (nSPS) is 16.6. The number of anilines is 3. The number of tetrazole rings is 1. The fourth-order valence-electron chi connectivity index (χ4n) is 7.01. The van der Waals surface area contributed by atoms with Crippen molar-refractivity contribution in [1.82, 2.24) is 35.0 Å². The van der Waals surface area contributed by atoms with E-state index in [0.717, 1.165) is 12.8 Å². The van der Waals surface area contributed by atoms with Gasteiger partial charge in [-0.05, 0) is 104 Å². The van der Waals surface area contributed by atoms with E-state index in [1.165, 1.54) is 20.8 Å². The van der Waals surface area contributed by atoms with E-state index in [4.69, 9.17) is 16.3 Å². The summed E-state index contributed by atoms with van der Waals surface area (Å²) >= 11 is 6.33. The van der Waals surface area contributed by atoms with Crippen LogP contribution in [0.2, 0.25) is 5.02 Å². The smallest absolute Gasteiger partial charge is 0.355 e. The van der Waals surface area contributed by atoms with Crippen molar-refractivity contribution in [3.63, 3.8) is 0 Å². The van der Waals surface area contributed by atoms with Crippen LogP contribution in [0.5, 0.6) is 0 Å². The van der Waals surface area contributed by atoms with Crippen molar-refractivity contribution in [2.45, 2.75) is 57.7 Å². The third-order valence-electron chi connectivity index (χ3n) is 9.75. The van der Waals surface area contributed by atoms with Gasteiger partial charge in [0.1, 0.15) is 23.7 Å². The van der Waals surface area contributed by atoms with Crippen LogP contribution in [0.1, 0.15) is 49.7 Å². The highest BCUT2D eigenvalue weighted by Crippen LogP contribution is 2.30. The number of rotatable bonds is 10. The van der Waals surface area contributed by atoms with Gasteiger partial charge < -0.3 is 40.2 Å². The second-order valence-corrected chi connectivity index (χ2v) is 15.3. The number of hydrogen-bond donors (Lipinski definition) is 4. The summed E-state index contributed by atoms with van der Waals surface area (Å²) in [6.07, 6.45) is 2.92. The van der Waals surface area contributed by atoms with Crippen LogP contribution in [0.4, 0.5) is 21.9 Å². The number of ether oxygens (including phenoxy) is 1. The van der Waals surface area contributed by atoms with Crippen molar-refractivity contribution < 1.29 is 33.8 Å². The quantitative estimate of drug-likeness (QED) is 0.117. The lowest BCUT2D eigenvalue weighted by molar-refractivity contribution is -0.149. The molecular weight excluding hydrogens is 756 g/mol. The van der Waals surface area contributed by atoms with Crippen LogP contribution in [0.25, 0.3) is 16.6 Å². The van der Waals surface area contributed by atoms with Crippen LogP contribution < -0.4 is 15.5 Å². The first-order chi connectivity index (χ1) is 27.3. The third kappa shape index (κ3) is 8.58. The first-order valence-corrected chi connectivity index (χ1v) is 18.8. The largest absolute Gasteiger partial charge is 0.455 e. The zero-order valence-corrected chi connectivity index (χ0v) is 32.2. The van der Waals surface area contributed by atoms with Gasteiger partial charge >= 0.3 is 23.8 Å². The molecule has 7 rings (SSSR count). The van der Waals surface area contributed by atoms with Gasteiger partial charge in [-0.15, -0.1) is 5.10 Å². The van der Waals surface area contributed by atoms with Gasteiger partial charge in [-0.2, -0.15) is 4.68 Å². The highest BCUT2D eigenvalue weighted by Gasteiger charge is 2.41. The summed E-state index contributed by atoms with van der Waals surface area (Å²) in [5.74, 6) is -2.85. The van der Waals surface area contributed by atoms with Gasteiger partial charge in [-0.3, -0.25) is 14.4 Å². The highest BCUT2D eigenvalue weighted by molar-refractivity contribution is 6.41. The fourth-order valence-corrected chi connectivity index (χ4v) is 7.18. The predicted molar refractivity (Wildman–Crippen MR) is 210 cm³/mol. The molecule has 17 nitrogen and oxygen atoms in total. The van der Waals surface area contributed by atoms with Crippen LogP contribution in [0.15, 0.2) is 73.1 Å². The molecule has 57 heavy (non-hydrogen) atoms. The van der Waals surface area contributed by atoms with E-state index in [1.807, 2.05) is 0 Å². The molecule has 2 fully saturated rings. The zero-order chi connectivity index (χ0) is 40.4. The number of H-pyrrole nitrogens is 1. The Morgan fingerprint density at radius 2 is 1.72 bits per heavy atom. The second kappa shape index (κ2) is 16.0. The number of aliphatic hydroxyl groups is 1. The maximum Gasteiger partial charge on any atom is 0.355 e. The first kappa shape index (κ1) is 38.9. The van der Waals surface area contributed by atoms with Crippen LogP contribution in [-0.2, 0) is 25.5 Å². The van der Waals surface area contributed by atoms with Crippen molar-refractivity contribution in [2.24, 2.45) is 0 Å². The van der Waals surface area contributed by atoms with E-state index >= 15 is 0 Å². The van der Waals surface area contributed by atoms with E-state index in [9.17, 15) is 29.1 Å². The number of piperazine rings is 1. The number of amides is 5. The standard InChI is InChI=1S/C39H41ClN10O7/c1-39(2,3)57-37(55)30-19-24-18-27(11-12-29(24)44-30)42-34(52)33(17-23-6-9-26(10-7-23)43-38(56)47-14-4-5-28(47)21-51)49-16-15-48(35(53)36(49)54)32-20-25(40)8-13-31(32)50-22-41-45-46-50/h6-13,18-20,22,28,33,44,51H,4-5,14-17,21H2,1-3H3,(H,42,52)(H,43,56)/t28-,33+/m1/s1. The van der Waals surface area contributed by atoms with Crippen LogP contribution in [-0.4, -0.2) is 114 Å². The fraction of sp³-hybridized carbons (Fsp3) is 0.333. The second-order valence-electron chi connectivity index (χ2n) is 14.8. The van der Waals surface area contributed by atoms with Crippen LogP contribution in [0.3, 0.4) is 0 Å². The minimum atomic E-state index is -1.14. The molecule has 0 aliphatic carbocycles. The maximum atomic E-state index is 14.3. The van der Waals surface area contributed by atoms with Crippen LogP contribution >= 0.6 is 11.6 Å². The number of likely N-dealkylation sites (tertiary alicyclic amines) is 1. The summed E-state index contributed by atoms with van der Waals surface area (Å²) in [6, 6.07) is 16.7. The van der Waals surface area contributed by atoms with Gasteiger partial charge in [0.2, 0.25) is 5.91 Å². The molecule has 0 saturated carbocycles. The van der Waals surface area contributed by atoms with Gasteiger partial charge in [0, 0.05) is 53.4 Å². The Kier molecular flexibility index (Phi) is 10.9. The summed E-state index contributed by atoms with van der Waals surface area (Å²) in [5.41, 5.74) is 2.51. The van der Waals surface area contributed by atoms with Gasteiger partial charge in [0.25, 0.3) is 0 Å². The molecule has 5 amide bonds. The Morgan fingerprint density at radius 3 is 2.44 bits per heavy atom. The molecule has 296 valence electrons. The molecule has 5 aromatic rings. The lowest BCUT2D eigenvalue weighted by atomic mass is 10.0. The number of benzene rings is 3. The molecule has 0 radical (unpaired) electrons. The van der Waals surface area contributed by atoms with E-state index in [1.54, 1.807) is 92.4 Å². The van der Waals surface area contributed by atoms with Gasteiger partial charge in [0.05, 0.1) is 24.0 Å². The minimum Gasteiger partial charge on any atom is -0.455 e. The lowest BCUT2D eigenvalue weighted by Crippen LogP contribution is -2.60. The lowest BCUT2D eigenvalue weighted by Gasteiger charge is -2.38. The Morgan fingerprint density at radius 1 is 0.947 bits per heavy atom. The highest BCUT2D eigenvalue weighted by atomic mass is 35.5. The molecule has 2 aliphatic rings. The number of urea groups is 1. The summed E-state index contributed by atoms with van der Waals surface area (Å²) in [4.78, 5) is 75.0. The summed E-state index contributed by atoms with van der Waals surface area (Å²) in [5, 5.41) is 27.7. The molecule has 4 N–H and O–H groups in total. The minimum absolute atomic E-state index is 0.00366. The van der Waals surface area contributed by atoms with Crippen molar-refractivity contribution in [3.8, 4) is 5.69 Å². The monoisotopic (exact) mass is 796 g/mol. The number of carbonyl (C=O) groups excluding carboxylic acids is 5. The number of nitrogens with one attached hydrogen (secondary N) is 3. The van der Waals surface area contributed by atoms with Crippen molar-refractivity contribution in [3.05, 3.63) is 89.3 Å². The average Bonchev–Trinajstić information content (AvgIpc) is 3.97. The molecule has 2 atom stereocenters. The average molecular weight is 797 g/mol. The number of esters is 1. The number of nitrogens with zero attached hydrogens (tertiary/aromatic N) is 7. The summed E-state index contributed by atoms with van der Waals surface area (Å²) in [6.45, 7) is 5.78. The van der Waals surface area contributed by atoms with E-state index < -0.39 is 35.3 Å². The molecular formula is C39H41ClN10O7. The number of carbonyl (C=O) groups is 5. The van der Waals surface area contributed by atoms with Gasteiger partial charge in [0.15, 0.2) is 0 Å². The van der Waals surface area contributed by atoms with Crippen molar-refractivity contribution in [2.75, 3.05) is 41.8 Å². The van der Waals surface area contributed by atoms with E-state index in [2.05, 4.69) is 31.1 Å². The molecule has 2 saturated heterocycles. The SMILES string of the molecule is CC(C)(C)OC(=O)c1cc2cc(NC(=O)[C@H](Cc3ccc(NC(=O)N4CCC[C@@H]4CO)cc3)N3CCN(c4cc(Cl)ccc4-n4cnnn4)C(=O)C3=O)ccc2[nH]1. The third-order valence-corrected chi connectivity index (χ3v) is 9.98. The van der Waals surface area contributed by atoms with Crippen molar-refractivity contribution >= 4 is 69.3 Å². The number of aromatic amines is 1. The molecule has 4 heterocycles. The maximum absolute atomic E-state index is 14.3. The number of aromatic nitrogens is 5. The van der Waals surface area contributed by atoms with Gasteiger partial charge in [-0.1, -0.05) is 23.7 Å². The molecule has 0 unspecified atom stereocenters. The Balaban J connectivity index is 1.14. The number of aliphatic hydroxyl groups excluding tert-OH is 1. The van der Waals surface area contributed by atoms with E-state index in [0.29, 0.717) is 50.8 Å². The molecule has 0 spiro atoms. The molecule has 0 bridgehead atoms. The molecule has 2 aromatic heterocycles. The Bertz CT molecular complexity index is 2320. The Hall–Kier alpha value is -6.33. The molecule has 18 heteroatoms. The Labute approximate surface area is 331 Å². The molecule has 2 aliphatic heterocycles. The summed E-state index contributed by atoms with van der Waals surface area (Å²) in [7, 11) is 0. The number of hydrogen-bond acceptors (Lipinski definition) is 10. The van der Waals surface area contributed by atoms with Gasteiger partial charge in [-0.25, -0.2) is 9.59 Å². The van der Waals surface area contributed by atoms with E-state index in [-0.39, 0.29) is 43.9 Å². The number of fused-ring (bicyclic) bond motifs is 1. The summed E-state index contributed by atoms with van der Waals surface area (Å²) < 4.78 is 6.84. The topological polar surface area (TPSA) is 208 Å². The zero-order valence-electron chi connectivity index (χ0n) is 31.4. The van der Waals surface area contributed by atoms with Crippen LogP contribution in [0, 0.1) is 0 Å².